The zero-order valence-corrected chi connectivity index (χ0v) is 14.3. The highest BCUT2D eigenvalue weighted by Gasteiger charge is 2.13. The van der Waals surface area contributed by atoms with E-state index in [1.54, 1.807) is 23.4 Å². The molecule has 0 atom stereocenters. The van der Waals surface area contributed by atoms with Crippen molar-refractivity contribution in [3.8, 4) is 0 Å². The Bertz CT molecular complexity index is 692. The quantitative estimate of drug-likeness (QED) is 0.839. The minimum absolute atomic E-state index is 0.0880. The summed E-state index contributed by atoms with van der Waals surface area (Å²) in [6.45, 7) is 2.66. The summed E-state index contributed by atoms with van der Waals surface area (Å²) < 4.78 is 0. The number of benzene rings is 1. The van der Waals surface area contributed by atoms with E-state index < -0.39 is 0 Å². The Morgan fingerprint density at radius 1 is 1.21 bits per heavy atom. The Morgan fingerprint density at radius 3 is 2.67 bits per heavy atom. The lowest BCUT2D eigenvalue weighted by Gasteiger charge is -2.21. The van der Waals surface area contributed by atoms with Crippen LogP contribution in [0.15, 0.2) is 48.8 Å². The fourth-order valence-electron chi connectivity index (χ4n) is 2.21. The van der Waals surface area contributed by atoms with E-state index in [0.717, 1.165) is 11.1 Å². The Morgan fingerprint density at radius 2 is 2.00 bits per heavy atom. The van der Waals surface area contributed by atoms with Crippen molar-refractivity contribution in [3.05, 3.63) is 64.9 Å². The van der Waals surface area contributed by atoms with Crippen LogP contribution in [0, 0.1) is 0 Å². The highest BCUT2D eigenvalue weighted by Crippen LogP contribution is 2.17. The lowest BCUT2D eigenvalue weighted by atomic mass is 10.2. The molecule has 1 N–H and O–H groups in total. The number of nitrogens with one attached hydrogen (secondary N) is 1. The van der Waals surface area contributed by atoms with E-state index in [9.17, 15) is 9.59 Å². The Hall–Kier alpha value is -2.40. The predicted octanol–water partition coefficient (Wildman–Crippen LogP) is 2.79. The molecule has 1 heterocycles. The average molecular weight is 346 g/mol. The van der Waals surface area contributed by atoms with Gasteiger partial charge in [0, 0.05) is 50.4 Å². The Kier molecular flexibility index (Phi) is 6.75. The summed E-state index contributed by atoms with van der Waals surface area (Å²) in [5, 5.41) is 3.44. The van der Waals surface area contributed by atoms with Crippen molar-refractivity contribution in [2.45, 2.75) is 26.4 Å². The molecule has 5 nitrogen and oxygen atoms in total. The molecule has 0 saturated carbocycles. The lowest BCUT2D eigenvalue weighted by Crippen LogP contribution is -2.33. The second kappa shape index (κ2) is 9.03. The van der Waals surface area contributed by atoms with Gasteiger partial charge in [-0.15, -0.1) is 0 Å². The second-order valence-electron chi connectivity index (χ2n) is 5.42. The molecule has 2 aromatic rings. The normalized spacial score (nSPS) is 10.2. The molecular formula is C18H20ClN3O2. The third-order valence-electron chi connectivity index (χ3n) is 3.59. The molecule has 0 aliphatic heterocycles. The first-order chi connectivity index (χ1) is 11.6. The van der Waals surface area contributed by atoms with Crippen LogP contribution < -0.4 is 5.32 Å². The largest absolute Gasteiger partial charge is 0.352 e. The minimum Gasteiger partial charge on any atom is -0.352 e. The van der Waals surface area contributed by atoms with Gasteiger partial charge in [0.15, 0.2) is 0 Å². The van der Waals surface area contributed by atoms with Gasteiger partial charge in [0.25, 0.3) is 0 Å². The van der Waals surface area contributed by atoms with Crippen molar-refractivity contribution in [3.63, 3.8) is 0 Å². The van der Waals surface area contributed by atoms with Crippen LogP contribution in [0.1, 0.15) is 24.5 Å². The zero-order chi connectivity index (χ0) is 17.4. The molecule has 2 amide bonds. The van der Waals surface area contributed by atoms with Crippen LogP contribution in [-0.2, 0) is 22.7 Å². The lowest BCUT2D eigenvalue weighted by molar-refractivity contribution is -0.130. The van der Waals surface area contributed by atoms with Crippen LogP contribution in [0.25, 0.3) is 0 Å². The van der Waals surface area contributed by atoms with Crippen LogP contribution in [0.3, 0.4) is 0 Å². The molecule has 0 spiro atoms. The summed E-state index contributed by atoms with van der Waals surface area (Å²) >= 11 is 6.13. The fraction of sp³-hybridized carbons (Fsp3) is 0.278. The third kappa shape index (κ3) is 5.66. The van der Waals surface area contributed by atoms with E-state index >= 15 is 0 Å². The first kappa shape index (κ1) is 17.9. The molecule has 0 aliphatic carbocycles. The van der Waals surface area contributed by atoms with Gasteiger partial charge in [0.05, 0.1) is 0 Å². The molecule has 1 aromatic carbocycles. The van der Waals surface area contributed by atoms with Crippen molar-refractivity contribution in [1.29, 1.82) is 0 Å². The van der Waals surface area contributed by atoms with Crippen LogP contribution in [0.5, 0.6) is 0 Å². The first-order valence-corrected chi connectivity index (χ1v) is 8.08. The molecule has 0 aliphatic rings. The van der Waals surface area contributed by atoms with Crippen molar-refractivity contribution in [1.82, 2.24) is 15.2 Å². The maximum absolute atomic E-state index is 12.0. The molecule has 1 aromatic heterocycles. The molecule has 6 heteroatoms. The van der Waals surface area contributed by atoms with Gasteiger partial charge >= 0.3 is 0 Å². The van der Waals surface area contributed by atoms with Crippen molar-refractivity contribution < 1.29 is 9.59 Å². The summed E-state index contributed by atoms with van der Waals surface area (Å²) in [6.07, 6.45) is 3.63. The number of aromatic nitrogens is 1. The number of halogens is 1. The van der Waals surface area contributed by atoms with Crippen LogP contribution >= 0.6 is 11.6 Å². The highest BCUT2D eigenvalue weighted by atomic mass is 35.5. The smallest absolute Gasteiger partial charge is 0.222 e. The Balaban J connectivity index is 1.84. The van der Waals surface area contributed by atoms with Gasteiger partial charge < -0.3 is 10.2 Å². The van der Waals surface area contributed by atoms with Crippen molar-refractivity contribution in [2.75, 3.05) is 6.54 Å². The SMILES string of the molecule is CC(=O)N(CCC(=O)NCc1cccnc1)Cc1ccccc1Cl. The summed E-state index contributed by atoms with van der Waals surface area (Å²) in [5.74, 6) is -0.195. The zero-order valence-electron chi connectivity index (χ0n) is 13.5. The van der Waals surface area contributed by atoms with Crippen LogP contribution in [0.2, 0.25) is 5.02 Å². The molecule has 0 unspecified atom stereocenters. The standard InChI is InChI=1S/C18H20ClN3O2/c1-14(23)22(13-16-6-2-3-7-17(16)19)10-8-18(24)21-12-15-5-4-9-20-11-15/h2-7,9,11H,8,10,12-13H2,1H3,(H,21,24). The molecular weight excluding hydrogens is 326 g/mol. The molecule has 0 bridgehead atoms. The molecule has 24 heavy (non-hydrogen) atoms. The van der Waals surface area contributed by atoms with Gasteiger partial charge in [-0.2, -0.15) is 0 Å². The van der Waals surface area contributed by atoms with E-state index in [1.807, 2.05) is 30.3 Å². The Labute approximate surface area is 146 Å². The molecule has 126 valence electrons. The van der Waals surface area contributed by atoms with Gasteiger partial charge in [-0.1, -0.05) is 35.9 Å². The summed E-state index contributed by atoms with van der Waals surface area (Å²) in [5.41, 5.74) is 1.80. The topological polar surface area (TPSA) is 62.3 Å². The highest BCUT2D eigenvalue weighted by molar-refractivity contribution is 6.31. The predicted molar refractivity (Wildman–Crippen MR) is 93.2 cm³/mol. The molecule has 0 radical (unpaired) electrons. The maximum atomic E-state index is 12.0. The summed E-state index contributed by atoms with van der Waals surface area (Å²) in [6, 6.07) is 11.1. The summed E-state index contributed by atoms with van der Waals surface area (Å²) in [7, 11) is 0. The van der Waals surface area contributed by atoms with E-state index in [4.69, 9.17) is 11.6 Å². The van der Waals surface area contributed by atoms with Gasteiger partial charge in [-0.25, -0.2) is 0 Å². The number of nitrogens with zero attached hydrogens (tertiary/aromatic N) is 2. The molecule has 0 saturated heterocycles. The van der Waals surface area contributed by atoms with Crippen molar-refractivity contribution in [2.24, 2.45) is 0 Å². The summed E-state index contributed by atoms with van der Waals surface area (Å²) in [4.78, 5) is 29.4. The number of carbonyl (C=O) groups is 2. The van der Waals surface area contributed by atoms with E-state index in [0.29, 0.717) is 24.7 Å². The van der Waals surface area contributed by atoms with Gasteiger partial charge in [0.1, 0.15) is 0 Å². The van der Waals surface area contributed by atoms with Crippen LogP contribution in [-0.4, -0.2) is 28.2 Å². The van der Waals surface area contributed by atoms with Crippen LogP contribution in [0.4, 0.5) is 0 Å². The monoisotopic (exact) mass is 345 g/mol. The minimum atomic E-state index is -0.107. The van der Waals surface area contributed by atoms with E-state index in [1.165, 1.54) is 6.92 Å². The molecule has 2 rings (SSSR count). The van der Waals surface area contributed by atoms with Gasteiger partial charge in [0.2, 0.25) is 11.8 Å². The first-order valence-electron chi connectivity index (χ1n) is 7.71. The van der Waals surface area contributed by atoms with E-state index in [2.05, 4.69) is 10.3 Å². The average Bonchev–Trinajstić information content (AvgIpc) is 2.59. The molecule has 0 fully saturated rings. The number of hydrogen-bond acceptors (Lipinski definition) is 3. The van der Waals surface area contributed by atoms with Crippen molar-refractivity contribution >= 4 is 23.4 Å². The number of carbonyl (C=O) groups excluding carboxylic acids is 2. The fourth-order valence-corrected chi connectivity index (χ4v) is 2.40. The number of pyridine rings is 1. The number of hydrogen-bond donors (Lipinski definition) is 1. The third-order valence-corrected chi connectivity index (χ3v) is 3.95. The van der Waals surface area contributed by atoms with Gasteiger partial charge in [-0.3, -0.25) is 14.6 Å². The van der Waals surface area contributed by atoms with E-state index in [-0.39, 0.29) is 18.2 Å². The number of amides is 2. The maximum Gasteiger partial charge on any atom is 0.222 e. The number of rotatable bonds is 7. The van der Waals surface area contributed by atoms with Gasteiger partial charge in [-0.05, 0) is 23.3 Å². The second-order valence-corrected chi connectivity index (χ2v) is 5.83.